The first-order chi connectivity index (χ1) is 14.9. The van der Waals surface area contributed by atoms with Crippen molar-refractivity contribution in [3.8, 4) is 33.3 Å². The van der Waals surface area contributed by atoms with Gasteiger partial charge in [0.05, 0.1) is 16.1 Å². The number of aromatic nitrogens is 4. The fraction of sp³-hybridized carbons (Fsp3) is 0.0952. The molecule has 0 atom stereocenters. The molecule has 3 aromatic heterocycles. The van der Waals surface area contributed by atoms with Crippen LogP contribution in [0.2, 0.25) is 5.02 Å². The van der Waals surface area contributed by atoms with Crippen molar-refractivity contribution in [1.82, 2.24) is 19.8 Å². The second kappa shape index (κ2) is 7.29. The molecule has 0 aliphatic heterocycles. The van der Waals surface area contributed by atoms with E-state index in [1.165, 1.54) is 17.4 Å². The Hall–Kier alpha value is -3.56. The fourth-order valence-corrected chi connectivity index (χ4v) is 4.45. The predicted molar refractivity (Wildman–Crippen MR) is 118 cm³/mol. The van der Waals surface area contributed by atoms with Crippen LogP contribution in [0.5, 0.6) is 0 Å². The molecule has 0 saturated carbocycles. The summed E-state index contributed by atoms with van der Waals surface area (Å²) in [5, 5.41) is 25.6. The Morgan fingerprint density at radius 3 is 2.71 bits per heavy atom. The lowest BCUT2D eigenvalue weighted by Gasteiger charge is -2.00. The minimum absolute atomic E-state index is 0.118. The lowest BCUT2D eigenvalue weighted by Crippen LogP contribution is -1.91. The van der Waals surface area contributed by atoms with E-state index in [1.54, 1.807) is 29.6 Å². The normalized spacial score (nSPS) is 11.3. The van der Waals surface area contributed by atoms with E-state index in [9.17, 15) is 10.1 Å². The van der Waals surface area contributed by atoms with Gasteiger partial charge in [0.1, 0.15) is 11.5 Å². The topological polar surface area (TPSA) is 99.4 Å². The van der Waals surface area contributed by atoms with Crippen molar-refractivity contribution in [2.24, 2.45) is 0 Å². The number of nitrogens with zero attached hydrogens (tertiary/aromatic N) is 5. The van der Waals surface area contributed by atoms with Crippen molar-refractivity contribution in [3.63, 3.8) is 0 Å². The van der Waals surface area contributed by atoms with Gasteiger partial charge in [0.2, 0.25) is 4.96 Å². The number of rotatable bonds is 4. The Kier molecular flexibility index (Phi) is 4.57. The highest BCUT2D eigenvalue weighted by Gasteiger charge is 2.23. The Bertz CT molecular complexity index is 1470. The van der Waals surface area contributed by atoms with E-state index in [0.29, 0.717) is 32.9 Å². The molecule has 154 valence electrons. The molecule has 10 heteroatoms. The Balaban J connectivity index is 1.60. The first-order valence-electron chi connectivity index (χ1n) is 9.25. The van der Waals surface area contributed by atoms with Crippen LogP contribution in [0, 0.1) is 24.0 Å². The number of halogens is 1. The van der Waals surface area contributed by atoms with Crippen molar-refractivity contribution >= 4 is 33.6 Å². The van der Waals surface area contributed by atoms with Crippen LogP contribution >= 0.6 is 22.9 Å². The Labute approximate surface area is 184 Å². The zero-order valence-corrected chi connectivity index (χ0v) is 17.9. The summed E-state index contributed by atoms with van der Waals surface area (Å²) < 4.78 is 7.56. The molecular weight excluding hydrogens is 438 g/mol. The van der Waals surface area contributed by atoms with Gasteiger partial charge in [0.25, 0.3) is 5.69 Å². The van der Waals surface area contributed by atoms with Gasteiger partial charge in [0.15, 0.2) is 10.8 Å². The van der Waals surface area contributed by atoms with Crippen molar-refractivity contribution < 1.29 is 9.34 Å². The lowest BCUT2D eigenvalue weighted by molar-refractivity contribution is -0.384. The van der Waals surface area contributed by atoms with Crippen LogP contribution in [0.3, 0.4) is 0 Å². The third-order valence-corrected chi connectivity index (χ3v) is 6.00. The van der Waals surface area contributed by atoms with Crippen LogP contribution in [-0.4, -0.2) is 24.7 Å². The summed E-state index contributed by atoms with van der Waals surface area (Å²) >= 11 is 7.30. The van der Waals surface area contributed by atoms with Crippen molar-refractivity contribution in [2.45, 2.75) is 13.8 Å². The highest BCUT2D eigenvalue weighted by atomic mass is 35.5. The van der Waals surface area contributed by atoms with Gasteiger partial charge in [-0.1, -0.05) is 46.7 Å². The summed E-state index contributed by atoms with van der Waals surface area (Å²) in [7, 11) is 0. The number of aryl methyl sites for hydroxylation is 2. The monoisotopic (exact) mass is 451 g/mol. The molecule has 5 aromatic rings. The van der Waals surface area contributed by atoms with E-state index in [-0.39, 0.29) is 10.7 Å². The molecule has 0 aliphatic rings. The van der Waals surface area contributed by atoms with E-state index in [2.05, 4.69) is 15.3 Å². The molecule has 3 heterocycles. The average molecular weight is 452 g/mol. The molecule has 0 fully saturated rings. The third kappa shape index (κ3) is 3.37. The first kappa shape index (κ1) is 19.4. The molecule has 0 radical (unpaired) electrons. The number of hydrogen-bond acceptors (Lipinski definition) is 7. The molecule has 8 nitrogen and oxygen atoms in total. The number of nitro benzene ring substituents is 1. The first-order valence-corrected chi connectivity index (χ1v) is 10.4. The molecular formula is C21H14ClN5O3S. The van der Waals surface area contributed by atoms with Crippen molar-refractivity contribution in [2.75, 3.05) is 0 Å². The Morgan fingerprint density at radius 2 is 1.94 bits per heavy atom. The molecule has 0 amide bonds. The number of hydrogen-bond donors (Lipinski definition) is 0. The summed E-state index contributed by atoms with van der Waals surface area (Å²) in [5.74, 6) is 1.62. The van der Waals surface area contributed by atoms with E-state index in [4.69, 9.17) is 16.0 Å². The number of nitro groups is 1. The molecule has 0 unspecified atom stereocenters. The third-order valence-electron chi connectivity index (χ3n) is 4.84. The van der Waals surface area contributed by atoms with Gasteiger partial charge >= 0.3 is 0 Å². The van der Waals surface area contributed by atoms with Gasteiger partial charge in [-0.2, -0.15) is 9.61 Å². The molecule has 0 bridgehead atoms. The highest BCUT2D eigenvalue weighted by Crippen LogP contribution is 2.39. The van der Waals surface area contributed by atoms with Gasteiger partial charge in [0, 0.05) is 16.7 Å². The minimum Gasteiger partial charge on any atom is -0.460 e. The van der Waals surface area contributed by atoms with Gasteiger partial charge in [-0.3, -0.25) is 10.1 Å². The summed E-state index contributed by atoms with van der Waals surface area (Å²) in [5.41, 5.74) is 3.01. The smallest absolute Gasteiger partial charge is 0.281 e. The van der Waals surface area contributed by atoms with Gasteiger partial charge in [-0.25, -0.2) is 0 Å². The SMILES string of the molecule is Cc1cccc(-c2nnc3sc(-c4cc(-c5ccc(Cl)cc5[N+](=O)[O-])oc4C)nn23)c1. The quantitative estimate of drug-likeness (QED) is 0.247. The van der Waals surface area contributed by atoms with E-state index >= 15 is 0 Å². The molecule has 0 N–H and O–H groups in total. The van der Waals surface area contributed by atoms with Gasteiger partial charge in [-0.05, 0) is 38.1 Å². The lowest BCUT2D eigenvalue weighted by atomic mass is 10.1. The van der Waals surface area contributed by atoms with Crippen LogP contribution in [0.4, 0.5) is 5.69 Å². The maximum Gasteiger partial charge on any atom is 0.281 e. The largest absolute Gasteiger partial charge is 0.460 e. The van der Waals surface area contributed by atoms with Gasteiger partial charge in [-0.15, -0.1) is 10.2 Å². The van der Waals surface area contributed by atoms with Crippen LogP contribution in [-0.2, 0) is 0 Å². The average Bonchev–Trinajstić information content (AvgIpc) is 3.41. The van der Waals surface area contributed by atoms with Crippen molar-refractivity contribution in [1.29, 1.82) is 0 Å². The van der Waals surface area contributed by atoms with Crippen LogP contribution in [0.25, 0.3) is 38.2 Å². The number of fused-ring (bicyclic) bond motifs is 1. The Morgan fingerprint density at radius 1 is 1.10 bits per heavy atom. The minimum atomic E-state index is -0.476. The fourth-order valence-electron chi connectivity index (χ4n) is 3.38. The zero-order valence-electron chi connectivity index (χ0n) is 16.4. The standard InChI is InChI=1S/C21H14ClN5O3S/c1-11-4-3-5-13(8-11)19-23-24-21-26(19)25-20(31-21)16-10-18(30-12(16)2)15-7-6-14(22)9-17(15)27(28)29/h3-10H,1-2H3. The molecule has 31 heavy (non-hydrogen) atoms. The second-order valence-electron chi connectivity index (χ2n) is 6.99. The maximum atomic E-state index is 11.5. The summed E-state index contributed by atoms with van der Waals surface area (Å²) in [6.07, 6.45) is 0. The number of benzene rings is 2. The summed E-state index contributed by atoms with van der Waals surface area (Å²) in [6, 6.07) is 14.2. The van der Waals surface area contributed by atoms with Crippen molar-refractivity contribution in [3.05, 3.63) is 75.0 Å². The summed E-state index contributed by atoms with van der Waals surface area (Å²) in [6.45, 7) is 3.81. The molecule has 5 rings (SSSR count). The predicted octanol–water partition coefficient (Wildman–Crippen LogP) is 5.96. The van der Waals surface area contributed by atoms with Gasteiger partial charge < -0.3 is 4.42 Å². The van der Waals surface area contributed by atoms with Crippen LogP contribution in [0.1, 0.15) is 11.3 Å². The van der Waals surface area contributed by atoms with E-state index < -0.39 is 4.92 Å². The highest BCUT2D eigenvalue weighted by molar-refractivity contribution is 7.19. The molecule has 2 aromatic carbocycles. The summed E-state index contributed by atoms with van der Waals surface area (Å²) in [4.78, 5) is 11.6. The zero-order chi connectivity index (χ0) is 21.7. The molecule has 0 spiro atoms. The molecule has 0 aliphatic carbocycles. The second-order valence-corrected chi connectivity index (χ2v) is 8.39. The van der Waals surface area contributed by atoms with E-state index in [0.717, 1.165) is 16.7 Å². The maximum absolute atomic E-state index is 11.5. The van der Waals surface area contributed by atoms with Crippen LogP contribution < -0.4 is 0 Å². The number of furan rings is 1. The molecule has 0 saturated heterocycles. The van der Waals surface area contributed by atoms with Crippen LogP contribution in [0.15, 0.2) is 52.9 Å². The van der Waals surface area contributed by atoms with E-state index in [1.807, 2.05) is 31.2 Å².